The maximum Gasteiger partial charge on any atom is 0.330 e. The largest absolute Gasteiger partial charge is 0.330 e. The second kappa shape index (κ2) is 10.4. The van der Waals surface area contributed by atoms with Gasteiger partial charge in [-0.1, -0.05) is 33.3 Å². The van der Waals surface area contributed by atoms with Crippen LogP contribution in [0, 0.1) is 23.0 Å². The zero-order valence-corrected chi connectivity index (χ0v) is 19.9. The molecule has 0 unspecified atom stereocenters. The lowest BCUT2D eigenvalue weighted by Gasteiger charge is -2.12. The van der Waals surface area contributed by atoms with Crippen molar-refractivity contribution < 1.29 is 9.72 Å². The van der Waals surface area contributed by atoms with Gasteiger partial charge in [-0.3, -0.25) is 29.3 Å². The molecule has 0 saturated carbocycles. The molecular weight excluding hydrogens is 440 g/mol. The van der Waals surface area contributed by atoms with Gasteiger partial charge >= 0.3 is 5.69 Å². The van der Waals surface area contributed by atoms with E-state index in [-0.39, 0.29) is 30.4 Å². The van der Waals surface area contributed by atoms with Gasteiger partial charge in [0.15, 0.2) is 11.2 Å². The van der Waals surface area contributed by atoms with Crippen molar-refractivity contribution >= 4 is 28.4 Å². The number of amides is 1. The number of nitrogens with zero attached hydrogens (tertiary/aromatic N) is 4. The van der Waals surface area contributed by atoms with E-state index in [0.29, 0.717) is 41.3 Å². The number of aromatic amines is 1. The lowest BCUT2D eigenvalue weighted by Crippen LogP contribution is -2.31. The van der Waals surface area contributed by atoms with Crippen molar-refractivity contribution in [2.75, 3.05) is 5.32 Å². The van der Waals surface area contributed by atoms with Gasteiger partial charge in [-0.05, 0) is 25.3 Å². The number of hydrogen-bond donors (Lipinski definition) is 2. The Labute approximate surface area is 196 Å². The van der Waals surface area contributed by atoms with Gasteiger partial charge in [0, 0.05) is 32.0 Å². The van der Waals surface area contributed by atoms with E-state index < -0.39 is 16.2 Å². The van der Waals surface area contributed by atoms with Gasteiger partial charge in [-0.2, -0.15) is 0 Å². The maximum atomic E-state index is 12.7. The second-order valence-electron chi connectivity index (χ2n) is 8.72. The molecule has 0 aliphatic carbocycles. The molecule has 2 heterocycles. The Balaban J connectivity index is 1.92. The maximum absolute atomic E-state index is 12.7. The molecule has 0 saturated heterocycles. The Morgan fingerprint density at radius 2 is 2.00 bits per heavy atom. The quantitative estimate of drug-likeness (QED) is 0.344. The second-order valence-corrected chi connectivity index (χ2v) is 8.72. The summed E-state index contributed by atoms with van der Waals surface area (Å²) in [5.74, 6) is 0.410. The third kappa shape index (κ3) is 5.24. The van der Waals surface area contributed by atoms with Crippen molar-refractivity contribution in [2.24, 2.45) is 5.92 Å². The minimum absolute atomic E-state index is 0.0562. The SMILES string of the molecule is CCCCn1c(=O)[nH]c(=O)c2c1nc(CCC(=O)Nc1cccc([N+](=O)[O-])c1C)n2CC(C)C. The van der Waals surface area contributed by atoms with Crippen LogP contribution in [0.25, 0.3) is 11.2 Å². The highest BCUT2D eigenvalue weighted by Gasteiger charge is 2.20. The summed E-state index contributed by atoms with van der Waals surface area (Å²) in [6, 6.07) is 4.51. The number of carbonyl (C=O) groups excluding carboxylic acids is 1. The molecule has 3 rings (SSSR count). The van der Waals surface area contributed by atoms with Gasteiger partial charge < -0.3 is 9.88 Å². The van der Waals surface area contributed by atoms with E-state index in [9.17, 15) is 24.5 Å². The number of aromatic nitrogens is 4. The van der Waals surface area contributed by atoms with Gasteiger partial charge in [0.1, 0.15) is 5.82 Å². The minimum Gasteiger partial charge on any atom is -0.326 e. The van der Waals surface area contributed by atoms with Crippen LogP contribution in [0.2, 0.25) is 0 Å². The van der Waals surface area contributed by atoms with E-state index in [0.717, 1.165) is 12.8 Å². The van der Waals surface area contributed by atoms with Crippen molar-refractivity contribution in [2.45, 2.75) is 66.5 Å². The number of nitro groups is 1. The van der Waals surface area contributed by atoms with Crippen LogP contribution in [0.15, 0.2) is 27.8 Å². The van der Waals surface area contributed by atoms with Crippen LogP contribution < -0.4 is 16.6 Å². The highest BCUT2D eigenvalue weighted by molar-refractivity contribution is 5.92. The van der Waals surface area contributed by atoms with Crippen LogP contribution in [0.3, 0.4) is 0 Å². The van der Waals surface area contributed by atoms with Crippen LogP contribution in [0.4, 0.5) is 11.4 Å². The van der Waals surface area contributed by atoms with Crippen molar-refractivity contribution in [1.82, 2.24) is 19.1 Å². The van der Waals surface area contributed by atoms with E-state index >= 15 is 0 Å². The predicted molar refractivity (Wildman–Crippen MR) is 129 cm³/mol. The van der Waals surface area contributed by atoms with Crippen molar-refractivity contribution in [1.29, 1.82) is 0 Å². The van der Waals surface area contributed by atoms with Crippen molar-refractivity contribution in [3.63, 3.8) is 0 Å². The van der Waals surface area contributed by atoms with Gasteiger partial charge in [-0.15, -0.1) is 0 Å². The van der Waals surface area contributed by atoms with E-state index in [1.54, 1.807) is 17.6 Å². The van der Waals surface area contributed by atoms with Crippen LogP contribution in [-0.4, -0.2) is 29.9 Å². The molecule has 11 nitrogen and oxygen atoms in total. The van der Waals surface area contributed by atoms with E-state index in [2.05, 4.69) is 15.3 Å². The molecule has 3 aromatic rings. The molecular formula is C23H30N6O5. The lowest BCUT2D eigenvalue weighted by molar-refractivity contribution is -0.385. The summed E-state index contributed by atoms with van der Waals surface area (Å²) >= 11 is 0. The van der Waals surface area contributed by atoms with Crippen LogP contribution in [-0.2, 0) is 24.3 Å². The zero-order chi connectivity index (χ0) is 25.0. The van der Waals surface area contributed by atoms with Crippen LogP contribution in [0.1, 0.15) is 51.4 Å². The summed E-state index contributed by atoms with van der Waals surface area (Å²) in [7, 11) is 0. The van der Waals surface area contributed by atoms with Gasteiger partial charge in [0.25, 0.3) is 11.2 Å². The molecule has 0 atom stereocenters. The molecule has 1 aromatic carbocycles. The van der Waals surface area contributed by atoms with E-state index in [4.69, 9.17) is 0 Å². The number of fused-ring (bicyclic) bond motifs is 1. The molecule has 0 spiro atoms. The Morgan fingerprint density at radius 3 is 2.65 bits per heavy atom. The number of imidazole rings is 1. The van der Waals surface area contributed by atoms with Gasteiger partial charge in [0.2, 0.25) is 5.91 Å². The average molecular weight is 471 g/mol. The number of H-pyrrole nitrogens is 1. The fourth-order valence-electron chi connectivity index (χ4n) is 3.89. The number of nitrogens with one attached hydrogen (secondary N) is 2. The molecule has 2 N–H and O–H groups in total. The first-order valence-corrected chi connectivity index (χ1v) is 11.4. The third-order valence-corrected chi connectivity index (χ3v) is 5.60. The monoisotopic (exact) mass is 470 g/mol. The lowest BCUT2D eigenvalue weighted by atomic mass is 10.1. The summed E-state index contributed by atoms with van der Waals surface area (Å²) in [6.45, 7) is 8.55. The first-order valence-electron chi connectivity index (χ1n) is 11.4. The van der Waals surface area contributed by atoms with Gasteiger partial charge in [0.05, 0.1) is 16.2 Å². The highest BCUT2D eigenvalue weighted by Crippen LogP contribution is 2.25. The molecule has 0 radical (unpaired) electrons. The minimum atomic E-state index is -0.496. The van der Waals surface area contributed by atoms with Crippen molar-refractivity contribution in [3.8, 4) is 0 Å². The van der Waals surface area contributed by atoms with Crippen LogP contribution >= 0.6 is 0 Å². The first kappa shape index (κ1) is 24.9. The predicted octanol–water partition coefficient (Wildman–Crippen LogP) is 3.13. The number of benzene rings is 1. The fourth-order valence-corrected chi connectivity index (χ4v) is 3.89. The van der Waals surface area contributed by atoms with Crippen molar-refractivity contribution in [3.05, 3.63) is 60.5 Å². The Hall–Kier alpha value is -3.76. The van der Waals surface area contributed by atoms with Crippen LogP contribution in [0.5, 0.6) is 0 Å². The number of carbonyl (C=O) groups is 1. The Bertz CT molecular complexity index is 1330. The zero-order valence-electron chi connectivity index (χ0n) is 19.9. The molecule has 34 heavy (non-hydrogen) atoms. The fraction of sp³-hybridized carbons (Fsp3) is 0.478. The Morgan fingerprint density at radius 1 is 1.26 bits per heavy atom. The third-order valence-electron chi connectivity index (χ3n) is 5.60. The standard InChI is InChI=1S/C23H30N6O5/c1-5-6-12-27-21-20(22(31)26-23(27)32)28(13-14(2)3)18(25-21)10-11-19(30)24-16-8-7-9-17(15(16)4)29(33)34/h7-9,14H,5-6,10-13H2,1-4H3,(H,24,30)(H,26,31,32). The highest BCUT2D eigenvalue weighted by atomic mass is 16.6. The number of aryl methyl sites for hydroxylation is 2. The number of unbranched alkanes of at least 4 members (excludes halogenated alkanes) is 1. The molecule has 0 fully saturated rings. The normalized spacial score (nSPS) is 11.3. The first-order chi connectivity index (χ1) is 16.1. The topological polar surface area (TPSA) is 145 Å². The molecule has 0 aliphatic rings. The summed E-state index contributed by atoms with van der Waals surface area (Å²) in [6.07, 6.45) is 1.94. The molecule has 0 aliphatic heterocycles. The summed E-state index contributed by atoms with van der Waals surface area (Å²) in [5, 5.41) is 13.9. The Kier molecular flexibility index (Phi) is 7.64. The van der Waals surface area contributed by atoms with Gasteiger partial charge in [-0.25, -0.2) is 9.78 Å². The average Bonchev–Trinajstić information content (AvgIpc) is 3.11. The number of hydrogen-bond acceptors (Lipinski definition) is 6. The smallest absolute Gasteiger partial charge is 0.326 e. The molecule has 0 bridgehead atoms. The van der Waals surface area contributed by atoms with E-state index in [1.165, 1.54) is 16.7 Å². The summed E-state index contributed by atoms with van der Waals surface area (Å²) < 4.78 is 3.26. The molecule has 1 amide bonds. The summed E-state index contributed by atoms with van der Waals surface area (Å²) in [5.41, 5.74) is 0.344. The number of nitro benzene ring substituents is 1. The molecule has 182 valence electrons. The molecule has 11 heteroatoms. The number of rotatable bonds is 10. The molecule has 2 aromatic heterocycles. The number of anilines is 1. The summed E-state index contributed by atoms with van der Waals surface area (Å²) in [4.78, 5) is 55.4. The van der Waals surface area contributed by atoms with E-state index in [1.807, 2.05) is 20.8 Å².